The highest BCUT2D eigenvalue weighted by Gasteiger charge is 2.21. The van der Waals surface area contributed by atoms with Crippen LogP contribution in [0.25, 0.3) is 0 Å². The highest BCUT2D eigenvalue weighted by molar-refractivity contribution is 7.45. The minimum atomic E-state index is -4.66. The lowest BCUT2D eigenvalue weighted by atomic mass is 10.1. The number of unbranched alkanes of at least 4 members (excludes halogenated alkanes) is 8. The number of allylic oxidation sites excluding steroid dienone is 24. The Bertz CT molecular complexity index is 1690. The van der Waals surface area contributed by atoms with E-state index in [9.17, 15) is 19.0 Å². The first kappa shape index (κ1) is 65.9. The van der Waals surface area contributed by atoms with E-state index in [1.165, 1.54) is 19.3 Å². The minimum Gasteiger partial charge on any atom is -0.756 e. The van der Waals surface area contributed by atoms with E-state index in [0.29, 0.717) is 30.3 Å². The summed E-state index contributed by atoms with van der Waals surface area (Å²) in [6.07, 6.45) is 73.1. The molecule has 0 radical (unpaired) electrons. The Balaban J connectivity index is 4.41. The lowest BCUT2D eigenvalue weighted by Gasteiger charge is -2.28. The molecule has 2 atom stereocenters. The van der Waals surface area contributed by atoms with Crippen molar-refractivity contribution in [2.75, 3.05) is 47.5 Å². The van der Waals surface area contributed by atoms with Gasteiger partial charge in [0, 0.05) is 12.8 Å². The van der Waals surface area contributed by atoms with Crippen molar-refractivity contribution in [1.29, 1.82) is 0 Å². The van der Waals surface area contributed by atoms with Gasteiger partial charge < -0.3 is 27.9 Å². The smallest absolute Gasteiger partial charge is 0.306 e. The number of phosphoric acid groups is 1. The fraction of sp³-hybridized carbons (Fsp3) is 0.567. The van der Waals surface area contributed by atoms with E-state index in [1.54, 1.807) is 0 Å². The van der Waals surface area contributed by atoms with Crippen molar-refractivity contribution in [2.24, 2.45) is 0 Å². The summed E-state index contributed by atoms with van der Waals surface area (Å²) < 4.78 is 34.0. The van der Waals surface area contributed by atoms with Crippen LogP contribution in [-0.2, 0) is 32.7 Å². The zero-order valence-electron chi connectivity index (χ0n) is 44.4. The molecule has 0 amide bonds. The van der Waals surface area contributed by atoms with Gasteiger partial charge in [0.2, 0.25) is 0 Å². The molecule has 0 aliphatic rings. The number of likely N-dealkylation sites (N-methyl/N-ethyl adjacent to an activating group) is 1. The molecule has 0 aromatic heterocycles. The van der Waals surface area contributed by atoms with E-state index < -0.39 is 32.5 Å². The molecule has 0 spiro atoms. The molecule has 0 bridgehead atoms. The van der Waals surface area contributed by atoms with Crippen molar-refractivity contribution in [3.05, 3.63) is 146 Å². The minimum absolute atomic E-state index is 0.0531. The van der Waals surface area contributed by atoms with Crippen LogP contribution in [0.15, 0.2) is 146 Å². The molecule has 0 aromatic rings. The van der Waals surface area contributed by atoms with Crippen molar-refractivity contribution in [3.8, 4) is 0 Å². The fourth-order valence-corrected chi connectivity index (χ4v) is 7.04. The summed E-state index contributed by atoms with van der Waals surface area (Å²) in [5.41, 5.74) is 0. The number of esters is 2. The second kappa shape index (κ2) is 49.9. The monoisotopic (exact) mass is 990 g/mol. The van der Waals surface area contributed by atoms with Crippen LogP contribution in [0.3, 0.4) is 0 Å². The Labute approximate surface area is 427 Å². The zero-order valence-corrected chi connectivity index (χ0v) is 45.3. The predicted molar refractivity (Wildman–Crippen MR) is 295 cm³/mol. The molecule has 10 heteroatoms. The number of rotatable bonds is 46. The molecule has 0 rings (SSSR count). The molecule has 9 nitrogen and oxygen atoms in total. The zero-order chi connectivity index (χ0) is 51.3. The highest BCUT2D eigenvalue weighted by atomic mass is 31.2. The maximum atomic E-state index is 12.7. The van der Waals surface area contributed by atoms with E-state index in [1.807, 2.05) is 27.2 Å². The summed E-state index contributed by atoms with van der Waals surface area (Å²) in [5.74, 6) is -0.931. The van der Waals surface area contributed by atoms with Crippen molar-refractivity contribution in [2.45, 2.75) is 174 Å². The van der Waals surface area contributed by atoms with Gasteiger partial charge in [-0.3, -0.25) is 14.2 Å². The third-order valence-corrected chi connectivity index (χ3v) is 11.3. The number of carbonyl (C=O) groups is 2. The van der Waals surface area contributed by atoms with Gasteiger partial charge in [-0.2, -0.15) is 0 Å². The lowest BCUT2D eigenvalue weighted by Crippen LogP contribution is -2.37. The third-order valence-electron chi connectivity index (χ3n) is 10.4. The van der Waals surface area contributed by atoms with Gasteiger partial charge in [0.1, 0.15) is 19.8 Å². The number of quaternary nitrogens is 1. The van der Waals surface area contributed by atoms with Gasteiger partial charge >= 0.3 is 11.9 Å². The van der Waals surface area contributed by atoms with Gasteiger partial charge in [-0.1, -0.05) is 192 Å². The molecular formula is C60H96NO8P. The number of hydrogen-bond acceptors (Lipinski definition) is 8. The van der Waals surface area contributed by atoms with Crippen LogP contribution in [0.2, 0.25) is 0 Å². The maximum absolute atomic E-state index is 12.7. The number of ether oxygens (including phenoxy) is 2. The van der Waals surface area contributed by atoms with Crippen LogP contribution in [0, 0.1) is 0 Å². The molecule has 0 saturated heterocycles. The Morgan fingerprint density at radius 1 is 0.443 bits per heavy atom. The van der Waals surface area contributed by atoms with Gasteiger partial charge in [0.05, 0.1) is 27.7 Å². The molecule has 394 valence electrons. The number of hydrogen-bond donors (Lipinski definition) is 0. The number of nitrogens with zero attached hydrogens (tertiary/aromatic N) is 1. The quantitative estimate of drug-likeness (QED) is 0.0195. The van der Waals surface area contributed by atoms with Gasteiger partial charge in [0.15, 0.2) is 6.10 Å². The van der Waals surface area contributed by atoms with Crippen molar-refractivity contribution in [1.82, 2.24) is 0 Å². The first-order valence-electron chi connectivity index (χ1n) is 26.5. The predicted octanol–water partition coefficient (Wildman–Crippen LogP) is 15.7. The van der Waals surface area contributed by atoms with Crippen LogP contribution in [-0.4, -0.2) is 70.0 Å². The third kappa shape index (κ3) is 53.2. The molecule has 0 saturated carbocycles. The van der Waals surface area contributed by atoms with Gasteiger partial charge in [-0.15, -0.1) is 0 Å². The normalized spacial score (nSPS) is 14.5. The Kier molecular flexibility index (Phi) is 46.9. The maximum Gasteiger partial charge on any atom is 0.306 e. The van der Waals surface area contributed by atoms with E-state index >= 15 is 0 Å². The van der Waals surface area contributed by atoms with E-state index in [4.69, 9.17) is 18.5 Å². The second-order valence-corrected chi connectivity index (χ2v) is 19.5. The molecular weight excluding hydrogens is 894 g/mol. The topological polar surface area (TPSA) is 111 Å². The van der Waals surface area contributed by atoms with Crippen LogP contribution in [0.1, 0.15) is 168 Å². The standard InChI is InChI=1S/C60H96NO8P/c1-6-8-10-12-14-16-18-20-22-24-26-28-30-32-34-36-38-40-42-44-46-48-50-52-59(62)66-56-58(57-68-70(64,65)67-55-54-61(3,4)5)69-60(63)53-51-49-47-45-43-41-39-37-35-33-31-29-27-25-23-21-19-17-15-13-11-9-7-2/h8-11,14-17,20-23,26-29,32-35,39,41,45,47,58H,6-7,12-13,18-19,24-25,30-31,36-38,40,42-44,46,48-57H2,1-5H3/b10-8-,11-9-,16-14-,17-15-,22-20-,23-21-,28-26-,29-27-,34-32-,35-33-,41-39-,47-45-. The SMILES string of the molecule is CC/C=C\C/C=C\C/C=C\C/C=C\C/C=C\C/C=C\C/C=C\CCCC(=O)OC(COC(=O)CCCCCCCCC/C=C\C/C=C\C/C=C\C/C=C\C/C=C\CC)COP(=O)([O-])OCC[N+](C)(C)C. The van der Waals surface area contributed by atoms with E-state index in [0.717, 1.165) is 103 Å². The van der Waals surface area contributed by atoms with Crippen LogP contribution in [0.5, 0.6) is 0 Å². The summed E-state index contributed by atoms with van der Waals surface area (Å²) in [5, 5.41) is 0. The van der Waals surface area contributed by atoms with Crippen LogP contribution < -0.4 is 4.89 Å². The summed E-state index contributed by atoms with van der Waals surface area (Å²) in [6, 6.07) is 0. The summed E-state index contributed by atoms with van der Waals surface area (Å²) >= 11 is 0. The van der Waals surface area contributed by atoms with Crippen molar-refractivity contribution >= 4 is 19.8 Å². The van der Waals surface area contributed by atoms with Gasteiger partial charge in [-0.05, 0) is 109 Å². The highest BCUT2D eigenvalue weighted by Crippen LogP contribution is 2.38. The second-order valence-electron chi connectivity index (χ2n) is 18.1. The summed E-state index contributed by atoms with van der Waals surface area (Å²) in [7, 11) is 1.09. The Hall–Kier alpha value is -4.11. The molecule has 0 N–H and O–H groups in total. The average molecular weight is 990 g/mol. The lowest BCUT2D eigenvalue weighted by molar-refractivity contribution is -0.870. The molecule has 0 heterocycles. The van der Waals surface area contributed by atoms with Gasteiger partial charge in [0.25, 0.3) is 7.82 Å². The van der Waals surface area contributed by atoms with Gasteiger partial charge in [-0.25, -0.2) is 0 Å². The molecule has 0 aliphatic carbocycles. The van der Waals surface area contributed by atoms with Crippen LogP contribution >= 0.6 is 7.82 Å². The number of carbonyl (C=O) groups excluding carboxylic acids is 2. The van der Waals surface area contributed by atoms with E-state index in [2.05, 4.69) is 154 Å². The van der Waals surface area contributed by atoms with Crippen LogP contribution in [0.4, 0.5) is 0 Å². The fourth-order valence-electron chi connectivity index (χ4n) is 6.32. The van der Waals surface area contributed by atoms with Crippen molar-refractivity contribution < 1.29 is 42.1 Å². The Morgan fingerprint density at radius 3 is 1.19 bits per heavy atom. The number of phosphoric ester groups is 1. The summed E-state index contributed by atoms with van der Waals surface area (Å²) in [6.45, 7) is 3.89. The molecule has 0 aromatic carbocycles. The molecule has 2 unspecified atom stereocenters. The largest absolute Gasteiger partial charge is 0.756 e. The first-order valence-corrected chi connectivity index (χ1v) is 28.0. The van der Waals surface area contributed by atoms with E-state index in [-0.39, 0.29) is 26.1 Å². The first-order chi connectivity index (χ1) is 34.0. The molecule has 0 aliphatic heterocycles. The molecule has 0 fully saturated rings. The van der Waals surface area contributed by atoms with Crippen molar-refractivity contribution in [3.63, 3.8) is 0 Å². The Morgan fingerprint density at radius 2 is 0.786 bits per heavy atom. The average Bonchev–Trinajstić information content (AvgIpc) is 3.32. The summed E-state index contributed by atoms with van der Waals surface area (Å²) in [4.78, 5) is 37.8. The molecule has 70 heavy (non-hydrogen) atoms.